The van der Waals surface area contributed by atoms with E-state index in [-0.39, 0.29) is 29.6 Å². The summed E-state index contributed by atoms with van der Waals surface area (Å²) < 4.78 is 1.94. The molecule has 2 bridgehead atoms. The van der Waals surface area contributed by atoms with Gasteiger partial charge in [-0.25, -0.2) is 4.98 Å². The molecular formula is C26H20N2O. The second-order valence-electron chi connectivity index (χ2n) is 8.83. The van der Waals surface area contributed by atoms with Gasteiger partial charge in [-0.3, -0.25) is 9.36 Å². The van der Waals surface area contributed by atoms with Crippen molar-refractivity contribution in [3.8, 4) is 0 Å². The molecule has 0 N–H and O–H groups in total. The van der Waals surface area contributed by atoms with Gasteiger partial charge in [-0.05, 0) is 59.4 Å². The fourth-order valence-electron chi connectivity index (χ4n) is 6.24. The minimum Gasteiger partial charge on any atom is -0.274 e. The molecule has 3 aliphatic carbocycles. The maximum absolute atomic E-state index is 13.8. The van der Waals surface area contributed by atoms with E-state index in [1.807, 2.05) is 4.57 Å². The summed E-state index contributed by atoms with van der Waals surface area (Å²) in [5.74, 6) is 1.55. The van der Waals surface area contributed by atoms with Gasteiger partial charge in [0.15, 0.2) is 0 Å². The van der Waals surface area contributed by atoms with Crippen molar-refractivity contribution >= 4 is 16.9 Å². The summed E-state index contributed by atoms with van der Waals surface area (Å²) in [5, 5.41) is 0. The first-order valence-corrected chi connectivity index (χ1v) is 10.4. The second-order valence-corrected chi connectivity index (χ2v) is 8.83. The predicted octanol–water partition coefficient (Wildman–Crippen LogP) is 5.30. The van der Waals surface area contributed by atoms with Gasteiger partial charge >= 0.3 is 0 Å². The molecule has 8 rings (SSSR count). The van der Waals surface area contributed by atoms with Crippen molar-refractivity contribution in [2.24, 2.45) is 5.92 Å². The highest BCUT2D eigenvalue weighted by atomic mass is 16.2. The number of benzene rings is 3. The number of hydrogen-bond acceptors (Lipinski definition) is 2. The molecule has 0 spiro atoms. The maximum Gasteiger partial charge on any atom is 0.237 e. The molecule has 3 heteroatoms. The van der Waals surface area contributed by atoms with Crippen LogP contribution in [0.3, 0.4) is 0 Å². The molecule has 0 unspecified atom stereocenters. The Kier molecular flexibility index (Phi) is 2.73. The largest absolute Gasteiger partial charge is 0.274 e. The van der Waals surface area contributed by atoms with E-state index in [1.54, 1.807) is 0 Å². The molecule has 2 atom stereocenters. The van der Waals surface area contributed by atoms with Crippen molar-refractivity contribution in [3.63, 3.8) is 0 Å². The third-order valence-corrected chi connectivity index (χ3v) is 7.54. The number of rotatable bonds is 0. The van der Waals surface area contributed by atoms with E-state index in [4.69, 9.17) is 4.98 Å². The zero-order chi connectivity index (χ0) is 19.4. The van der Waals surface area contributed by atoms with Crippen molar-refractivity contribution in [1.82, 2.24) is 9.55 Å². The van der Waals surface area contributed by atoms with Crippen LogP contribution < -0.4 is 0 Å². The van der Waals surface area contributed by atoms with Crippen molar-refractivity contribution in [1.29, 1.82) is 0 Å². The number of imidazole rings is 1. The molecular weight excluding hydrogens is 356 g/mol. The molecule has 2 heterocycles. The summed E-state index contributed by atoms with van der Waals surface area (Å²) in [4.78, 5) is 18.9. The van der Waals surface area contributed by atoms with Crippen molar-refractivity contribution in [3.05, 3.63) is 99.9 Å². The van der Waals surface area contributed by atoms with Gasteiger partial charge in [0.1, 0.15) is 5.82 Å². The molecule has 0 amide bonds. The van der Waals surface area contributed by atoms with Crippen molar-refractivity contribution < 1.29 is 4.79 Å². The molecule has 3 nitrogen and oxygen atoms in total. The maximum atomic E-state index is 13.8. The topological polar surface area (TPSA) is 34.9 Å². The summed E-state index contributed by atoms with van der Waals surface area (Å²) in [6.45, 7) is 4.22. The monoisotopic (exact) mass is 376 g/mol. The van der Waals surface area contributed by atoms with E-state index in [1.165, 1.54) is 33.4 Å². The van der Waals surface area contributed by atoms with Crippen LogP contribution in [0.5, 0.6) is 0 Å². The summed E-state index contributed by atoms with van der Waals surface area (Å²) in [5.41, 5.74) is 9.74. The first kappa shape index (κ1) is 15.7. The van der Waals surface area contributed by atoms with Crippen LogP contribution in [0, 0.1) is 19.8 Å². The van der Waals surface area contributed by atoms with E-state index >= 15 is 0 Å². The zero-order valence-electron chi connectivity index (χ0n) is 16.4. The minimum atomic E-state index is -0.0571. The lowest BCUT2D eigenvalue weighted by Gasteiger charge is -2.46. The number of carbonyl (C=O) groups excluding carboxylic acids is 1. The Balaban J connectivity index is 1.56. The van der Waals surface area contributed by atoms with E-state index in [2.05, 4.69) is 74.5 Å². The second kappa shape index (κ2) is 5.04. The van der Waals surface area contributed by atoms with Crippen molar-refractivity contribution in [2.75, 3.05) is 0 Å². The number of nitrogens with zero attached hydrogens (tertiary/aromatic N) is 2. The van der Waals surface area contributed by atoms with Crippen LogP contribution in [-0.2, 0) is 0 Å². The Morgan fingerprint density at radius 1 is 0.759 bits per heavy atom. The third-order valence-electron chi connectivity index (χ3n) is 7.54. The molecule has 4 aliphatic rings. The molecule has 0 radical (unpaired) electrons. The standard InChI is InChI=1S/C26H20N2O/c1-13-11-19-20(12-14(13)2)28-25(27-19)23-21-15-7-3-5-9-17(15)22(24(23)26(28)29)18-10-6-4-8-16(18)21/h3-12,21-24H,1-2H3/t21?,22?,23-,24-/m0/s1. The fourth-order valence-corrected chi connectivity index (χ4v) is 6.24. The van der Waals surface area contributed by atoms with E-state index < -0.39 is 0 Å². The molecule has 0 saturated heterocycles. The number of aryl methyl sites for hydroxylation is 2. The van der Waals surface area contributed by atoms with Crippen molar-refractivity contribution in [2.45, 2.75) is 31.6 Å². The number of carbonyl (C=O) groups is 1. The summed E-state index contributed by atoms with van der Waals surface area (Å²) in [7, 11) is 0. The van der Waals surface area contributed by atoms with Crippen LogP contribution in [0.1, 0.15) is 61.8 Å². The summed E-state index contributed by atoms with van der Waals surface area (Å²) in [6, 6.07) is 21.7. The van der Waals surface area contributed by atoms with E-state index in [0.29, 0.717) is 0 Å². The van der Waals surface area contributed by atoms with Gasteiger partial charge in [-0.2, -0.15) is 0 Å². The highest BCUT2D eigenvalue weighted by molar-refractivity contribution is 5.98. The van der Waals surface area contributed by atoms with Gasteiger partial charge < -0.3 is 0 Å². The summed E-state index contributed by atoms with van der Waals surface area (Å²) >= 11 is 0. The summed E-state index contributed by atoms with van der Waals surface area (Å²) in [6.07, 6.45) is 0. The van der Waals surface area contributed by atoms with Gasteiger partial charge in [0, 0.05) is 17.8 Å². The Morgan fingerprint density at radius 2 is 1.28 bits per heavy atom. The molecule has 1 aromatic heterocycles. The third kappa shape index (κ3) is 1.71. The van der Waals surface area contributed by atoms with Crippen LogP contribution in [0.4, 0.5) is 0 Å². The van der Waals surface area contributed by atoms with E-state index in [9.17, 15) is 4.79 Å². The molecule has 29 heavy (non-hydrogen) atoms. The Labute approximate surface area is 169 Å². The lowest BCUT2D eigenvalue weighted by atomic mass is 9.55. The molecule has 140 valence electrons. The predicted molar refractivity (Wildman–Crippen MR) is 113 cm³/mol. The van der Waals surface area contributed by atoms with Crippen LogP contribution in [-0.4, -0.2) is 15.5 Å². The Morgan fingerprint density at radius 3 is 1.86 bits per heavy atom. The average Bonchev–Trinajstić information content (AvgIpc) is 3.24. The molecule has 0 fully saturated rings. The lowest BCUT2D eigenvalue weighted by Crippen LogP contribution is -2.39. The van der Waals surface area contributed by atoms with Crippen LogP contribution in [0.15, 0.2) is 60.7 Å². The fraction of sp³-hybridized carbons (Fsp3) is 0.231. The van der Waals surface area contributed by atoms with Crippen LogP contribution >= 0.6 is 0 Å². The van der Waals surface area contributed by atoms with Crippen LogP contribution in [0.2, 0.25) is 0 Å². The number of fused-ring (bicyclic) bond motifs is 3. The zero-order valence-corrected chi connectivity index (χ0v) is 16.4. The van der Waals surface area contributed by atoms with Crippen LogP contribution in [0.25, 0.3) is 11.0 Å². The Hall–Kier alpha value is -3.20. The SMILES string of the molecule is Cc1cc2nc3n(c2cc1C)C(=O)[C@H]1C2c4ccccc4C(c4ccccc42)[C@H]31. The molecule has 3 aromatic carbocycles. The lowest BCUT2D eigenvalue weighted by molar-refractivity contribution is 0.0829. The molecule has 0 saturated carbocycles. The smallest absolute Gasteiger partial charge is 0.237 e. The number of hydrogen-bond donors (Lipinski definition) is 0. The average molecular weight is 376 g/mol. The van der Waals surface area contributed by atoms with E-state index in [0.717, 1.165) is 16.9 Å². The first-order valence-electron chi connectivity index (χ1n) is 10.4. The normalized spacial score (nSPS) is 25.7. The first-order chi connectivity index (χ1) is 14.1. The number of aromatic nitrogens is 2. The minimum absolute atomic E-state index is 0.0571. The quantitative estimate of drug-likeness (QED) is 0.417. The van der Waals surface area contributed by atoms with Gasteiger partial charge in [-0.15, -0.1) is 0 Å². The van der Waals surface area contributed by atoms with Gasteiger partial charge in [0.25, 0.3) is 0 Å². The Bertz CT molecular complexity index is 1330. The highest BCUT2D eigenvalue weighted by Gasteiger charge is 2.58. The van der Waals surface area contributed by atoms with Gasteiger partial charge in [0.05, 0.1) is 17.0 Å². The molecule has 1 aliphatic heterocycles. The highest BCUT2D eigenvalue weighted by Crippen LogP contribution is 2.63. The van der Waals surface area contributed by atoms with Gasteiger partial charge in [-0.1, -0.05) is 48.5 Å². The molecule has 4 aromatic rings. The van der Waals surface area contributed by atoms with Gasteiger partial charge in [0.2, 0.25) is 5.91 Å².